The van der Waals surface area contributed by atoms with Crippen LogP contribution >= 0.6 is 11.3 Å². The number of hydrogen-bond acceptors (Lipinski definition) is 4. The van der Waals surface area contributed by atoms with E-state index in [0.717, 1.165) is 17.5 Å². The molecule has 5 nitrogen and oxygen atoms in total. The molecule has 2 heterocycles. The van der Waals surface area contributed by atoms with Gasteiger partial charge in [0.2, 0.25) is 5.91 Å². The first kappa shape index (κ1) is 15.1. The maximum atomic E-state index is 12.2. The van der Waals surface area contributed by atoms with E-state index in [2.05, 4.69) is 4.72 Å². The molecule has 0 unspecified atom stereocenters. The highest BCUT2D eigenvalue weighted by atomic mass is 32.2. The molecule has 0 spiro atoms. The zero-order valence-corrected chi connectivity index (χ0v) is 13.7. The molecule has 0 atom stereocenters. The fraction of sp³-hybridized carbons (Fsp3) is 0.267. The van der Waals surface area contributed by atoms with E-state index in [-0.39, 0.29) is 10.1 Å². The molecule has 0 radical (unpaired) electrons. The van der Waals surface area contributed by atoms with Crippen LogP contribution in [-0.4, -0.2) is 25.8 Å². The molecule has 1 amide bonds. The van der Waals surface area contributed by atoms with Crippen molar-refractivity contribution in [2.75, 3.05) is 11.3 Å². The number of rotatable bonds is 3. The summed E-state index contributed by atoms with van der Waals surface area (Å²) in [6, 6.07) is 8.79. The van der Waals surface area contributed by atoms with Gasteiger partial charge >= 0.3 is 0 Å². The summed E-state index contributed by atoms with van der Waals surface area (Å²) in [5.41, 5.74) is 2.68. The number of nitrogens with zero attached hydrogens (tertiary/aromatic N) is 1. The fourth-order valence-corrected chi connectivity index (χ4v) is 4.55. The minimum Gasteiger partial charge on any atom is -0.338 e. The summed E-state index contributed by atoms with van der Waals surface area (Å²) < 4.78 is 27.4. The van der Waals surface area contributed by atoms with E-state index < -0.39 is 10.0 Å². The maximum absolute atomic E-state index is 12.2. The minimum absolute atomic E-state index is 0.0372. The highest BCUT2D eigenvalue weighted by Gasteiger charge is 2.20. The second-order valence-electron chi connectivity index (χ2n) is 5.21. The molecule has 1 aliphatic rings. The SMILES string of the molecule is CC(=O)N1CCc2ccc(NS(=O)(=O)c3cccs3)cc2C1. The van der Waals surface area contributed by atoms with Crippen LogP contribution in [0, 0.1) is 0 Å². The lowest BCUT2D eigenvalue weighted by molar-refractivity contribution is -0.129. The molecular formula is C15H16N2O3S2. The molecular weight excluding hydrogens is 320 g/mol. The molecule has 0 aliphatic carbocycles. The van der Waals surface area contributed by atoms with Crippen LogP contribution in [-0.2, 0) is 27.8 Å². The molecule has 2 aromatic rings. The second-order valence-corrected chi connectivity index (χ2v) is 8.07. The molecule has 3 rings (SSSR count). The summed E-state index contributed by atoms with van der Waals surface area (Å²) in [7, 11) is -3.54. The van der Waals surface area contributed by atoms with Gasteiger partial charge in [0.15, 0.2) is 0 Å². The fourth-order valence-electron chi connectivity index (χ4n) is 2.51. The van der Waals surface area contributed by atoms with Gasteiger partial charge in [-0.05, 0) is 41.1 Å². The average Bonchev–Trinajstić information content (AvgIpc) is 3.01. The molecule has 1 aliphatic heterocycles. The number of anilines is 1. The third-order valence-corrected chi connectivity index (χ3v) is 6.45. The van der Waals surface area contributed by atoms with E-state index in [1.165, 1.54) is 11.3 Å². The van der Waals surface area contributed by atoms with Crippen LogP contribution < -0.4 is 4.72 Å². The Labute approximate surface area is 133 Å². The van der Waals surface area contributed by atoms with Crippen molar-refractivity contribution in [1.82, 2.24) is 4.90 Å². The van der Waals surface area contributed by atoms with Gasteiger partial charge < -0.3 is 4.90 Å². The van der Waals surface area contributed by atoms with Crippen molar-refractivity contribution in [3.05, 3.63) is 46.8 Å². The maximum Gasteiger partial charge on any atom is 0.271 e. The molecule has 0 fully saturated rings. The zero-order chi connectivity index (χ0) is 15.7. The smallest absolute Gasteiger partial charge is 0.271 e. The normalized spacial score (nSPS) is 14.5. The Kier molecular flexibility index (Phi) is 3.92. The number of hydrogen-bond donors (Lipinski definition) is 1. The summed E-state index contributed by atoms with van der Waals surface area (Å²) in [4.78, 5) is 13.3. The number of fused-ring (bicyclic) bond motifs is 1. The van der Waals surface area contributed by atoms with Crippen molar-refractivity contribution in [3.63, 3.8) is 0 Å². The topological polar surface area (TPSA) is 66.5 Å². The van der Waals surface area contributed by atoms with Crippen LogP contribution in [0.4, 0.5) is 5.69 Å². The molecule has 116 valence electrons. The van der Waals surface area contributed by atoms with Crippen molar-refractivity contribution < 1.29 is 13.2 Å². The van der Waals surface area contributed by atoms with E-state index >= 15 is 0 Å². The van der Waals surface area contributed by atoms with Crippen LogP contribution in [0.5, 0.6) is 0 Å². The second kappa shape index (κ2) is 5.73. The number of amides is 1. The minimum atomic E-state index is -3.54. The summed E-state index contributed by atoms with van der Waals surface area (Å²) in [5.74, 6) is 0.0372. The third kappa shape index (κ3) is 3.00. The zero-order valence-electron chi connectivity index (χ0n) is 12.1. The standard InChI is InChI=1S/C15H16N2O3S2/c1-11(18)17-7-6-12-4-5-14(9-13(12)10-17)16-22(19,20)15-3-2-8-21-15/h2-5,8-9,16H,6-7,10H2,1H3. The van der Waals surface area contributed by atoms with Gasteiger partial charge in [-0.3, -0.25) is 9.52 Å². The monoisotopic (exact) mass is 336 g/mol. The predicted octanol–water partition coefficient (Wildman–Crippen LogP) is 2.45. The first-order chi connectivity index (χ1) is 10.5. The van der Waals surface area contributed by atoms with Crippen LogP contribution in [0.2, 0.25) is 0 Å². The summed E-state index contributed by atoms with van der Waals surface area (Å²) in [5, 5.41) is 1.73. The van der Waals surface area contributed by atoms with E-state index in [1.54, 1.807) is 35.4 Å². The Hall–Kier alpha value is -1.86. The lowest BCUT2D eigenvalue weighted by Gasteiger charge is -2.28. The third-order valence-electron chi connectivity index (χ3n) is 3.68. The Morgan fingerprint density at radius 2 is 2.09 bits per heavy atom. The van der Waals surface area contributed by atoms with E-state index in [4.69, 9.17) is 0 Å². The first-order valence-electron chi connectivity index (χ1n) is 6.89. The Morgan fingerprint density at radius 1 is 1.27 bits per heavy atom. The molecule has 1 aromatic carbocycles. The van der Waals surface area contributed by atoms with Crippen LogP contribution in [0.1, 0.15) is 18.1 Å². The number of thiophene rings is 1. The summed E-state index contributed by atoms with van der Waals surface area (Å²) in [6.07, 6.45) is 0.798. The van der Waals surface area contributed by atoms with E-state index in [9.17, 15) is 13.2 Å². The average molecular weight is 336 g/mol. The molecule has 0 saturated carbocycles. The van der Waals surface area contributed by atoms with Crippen molar-refractivity contribution >= 4 is 33.0 Å². The van der Waals surface area contributed by atoms with Crippen molar-refractivity contribution in [2.24, 2.45) is 0 Å². The van der Waals surface area contributed by atoms with Gasteiger partial charge in [-0.25, -0.2) is 8.42 Å². The molecule has 0 saturated heterocycles. The van der Waals surface area contributed by atoms with Gasteiger partial charge in [0.25, 0.3) is 10.0 Å². The molecule has 1 aromatic heterocycles. The van der Waals surface area contributed by atoms with E-state index in [0.29, 0.717) is 18.8 Å². The van der Waals surface area contributed by atoms with Crippen molar-refractivity contribution in [3.8, 4) is 0 Å². The lowest BCUT2D eigenvalue weighted by Crippen LogP contribution is -2.34. The number of sulfonamides is 1. The number of benzene rings is 1. The largest absolute Gasteiger partial charge is 0.338 e. The number of carbonyl (C=O) groups is 1. The lowest BCUT2D eigenvalue weighted by atomic mass is 9.99. The highest BCUT2D eigenvalue weighted by Crippen LogP contribution is 2.25. The molecule has 1 N–H and O–H groups in total. The Morgan fingerprint density at radius 3 is 2.77 bits per heavy atom. The molecule has 7 heteroatoms. The van der Waals surface area contributed by atoms with Gasteiger partial charge in [-0.2, -0.15) is 0 Å². The van der Waals surface area contributed by atoms with Crippen molar-refractivity contribution in [2.45, 2.75) is 24.1 Å². The first-order valence-corrected chi connectivity index (χ1v) is 9.25. The van der Waals surface area contributed by atoms with Crippen LogP contribution in [0.25, 0.3) is 0 Å². The van der Waals surface area contributed by atoms with Gasteiger partial charge in [0.1, 0.15) is 4.21 Å². The molecule has 0 bridgehead atoms. The van der Waals surface area contributed by atoms with Gasteiger partial charge in [-0.15, -0.1) is 11.3 Å². The van der Waals surface area contributed by atoms with Crippen molar-refractivity contribution in [1.29, 1.82) is 0 Å². The highest BCUT2D eigenvalue weighted by molar-refractivity contribution is 7.94. The summed E-state index contributed by atoms with van der Waals surface area (Å²) in [6.45, 7) is 2.79. The van der Waals surface area contributed by atoms with Gasteiger partial charge in [-0.1, -0.05) is 12.1 Å². The Balaban J connectivity index is 1.85. The predicted molar refractivity (Wildman–Crippen MR) is 86.4 cm³/mol. The number of nitrogens with one attached hydrogen (secondary N) is 1. The van der Waals surface area contributed by atoms with Gasteiger partial charge in [0, 0.05) is 25.7 Å². The quantitative estimate of drug-likeness (QED) is 0.936. The van der Waals surface area contributed by atoms with Crippen LogP contribution in [0.3, 0.4) is 0 Å². The van der Waals surface area contributed by atoms with Gasteiger partial charge in [0.05, 0.1) is 0 Å². The van der Waals surface area contributed by atoms with E-state index in [1.807, 2.05) is 12.1 Å². The molecule has 22 heavy (non-hydrogen) atoms. The van der Waals surface area contributed by atoms with Crippen LogP contribution in [0.15, 0.2) is 39.9 Å². The summed E-state index contributed by atoms with van der Waals surface area (Å²) >= 11 is 1.18. The number of carbonyl (C=O) groups excluding carboxylic acids is 1. The Bertz CT molecular complexity index is 798.